The van der Waals surface area contributed by atoms with E-state index in [9.17, 15) is 9.59 Å². The Labute approximate surface area is 106 Å². The van der Waals surface area contributed by atoms with Crippen LogP contribution in [-0.4, -0.2) is 18.7 Å². The van der Waals surface area contributed by atoms with Gasteiger partial charge in [0.05, 0.1) is 0 Å². The van der Waals surface area contributed by atoms with Crippen molar-refractivity contribution in [2.75, 3.05) is 0 Å². The van der Waals surface area contributed by atoms with Gasteiger partial charge in [-0.05, 0) is 10.6 Å². The zero-order chi connectivity index (χ0) is 14.2. The summed E-state index contributed by atoms with van der Waals surface area (Å²) in [6, 6.07) is 0. The molecule has 0 saturated carbocycles. The van der Waals surface area contributed by atoms with Crippen molar-refractivity contribution >= 4 is 17.1 Å². The first kappa shape index (κ1) is 12.7. The Morgan fingerprint density at radius 3 is 2.68 bits per heavy atom. The Kier molecular flexibility index (Phi) is 2.97. The van der Waals surface area contributed by atoms with Crippen LogP contribution in [0.1, 0.15) is 0 Å². The second kappa shape index (κ2) is 4.46. The number of nitrogens with zero attached hydrogens (tertiary/aromatic N) is 7. The van der Waals surface area contributed by atoms with Crippen LogP contribution in [0, 0.1) is 0 Å². The second-order valence-electron chi connectivity index (χ2n) is 3.88. The van der Waals surface area contributed by atoms with Crippen LogP contribution in [0.5, 0.6) is 0 Å². The molecule has 0 radical (unpaired) electrons. The van der Waals surface area contributed by atoms with Gasteiger partial charge in [0.25, 0.3) is 5.56 Å². The molecule has 0 aromatic carbocycles. The average Bonchev–Trinajstić information content (AvgIpc) is 2.74. The Balaban J connectivity index is 3.09. The SMILES string of the molecule is C=CCn1c(N=[N+]=[N-])nc2c1c(=O)n(C)c(=O)n2C. The van der Waals surface area contributed by atoms with Gasteiger partial charge >= 0.3 is 5.69 Å². The normalized spacial score (nSPS) is 10.4. The topological polar surface area (TPSA) is 111 Å². The maximum atomic E-state index is 12.1. The lowest BCUT2D eigenvalue weighted by atomic mass is 10.5. The van der Waals surface area contributed by atoms with E-state index in [1.807, 2.05) is 0 Å². The van der Waals surface area contributed by atoms with Crippen LogP contribution in [0.25, 0.3) is 21.6 Å². The Hall–Kier alpha value is -2.80. The lowest BCUT2D eigenvalue weighted by Gasteiger charge is -2.05. The van der Waals surface area contributed by atoms with E-state index < -0.39 is 11.2 Å². The van der Waals surface area contributed by atoms with Gasteiger partial charge in [-0.1, -0.05) is 6.08 Å². The number of imidazole rings is 1. The number of azide groups is 1. The largest absolute Gasteiger partial charge is 0.332 e. The number of hydrogen-bond acceptors (Lipinski definition) is 4. The van der Waals surface area contributed by atoms with Crippen LogP contribution in [0.3, 0.4) is 0 Å². The van der Waals surface area contributed by atoms with Crippen molar-refractivity contribution in [2.45, 2.75) is 6.54 Å². The second-order valence-corrected chi connectivity index (χ2v) is 3.88. The zero-order valence-electron chi connectivity index (χ0n) is 10.4. The molecule has 0 bridgehead atoms. The molecule has 0 saturated heterocycles. The molecule has 0 amide bonds. The van der Waals surface area contributed by atoms with Gasteiger partial charge in [0, 0.05) is 25.6 Å². The fourth-order valence-electron chi connectivity index (χ4n) is 1.85. The van der Waals surface area contributed by atoms with Gasteiger partial charge < -0.3 is 4.57 Å². The van der Waals surface area contributed by atoms with Crippen molar-refractivity contribution in [3.63, 3.8) is 0 Å². The lowest BCUT2D eigenvalue weighted by Crippen LogP contribution is -2.37. The number of rotatable bonds is 3. The van der Waals surface area contributed by atoms with Crippen LogP contribution in [0.15, 0.2) is 27.4 Å². The highest BCUT2D eigenvalue weighted by molar-refractivity contribution is 5.73. The van der Waals surface area contributed by atoms with E-state index in [1.54, 1.807) is 6.08 Å². The third-order valence-corrected chi connectivity index (χ3v) is 2.77. The van der Waals surface area contributed by atoms with Gasteiger partial charge in [-0.2, -0.15) is 0 Å². The predicted octanol–water partition coefficient (Wildman–Crippen LogP) is 0.561. The van der Waals surface area contributed by atoms with Gasteiger partial charge in [-0.3, -0.25) is 13.9 Å². The molecule has 2 heterocycles. The molecule has 9 heteroatoms. The summed E-state index contributed by atoms with van der Waals surface area (Å²) in [5.74, 6) is 0.0238. The summed E-state index contributed by atoms with van der Waals surface area (Å²) < 4.78 is 3.63. The van der Waals surface area contributed by atoms with Crippen molar-refractivity contribution in [1.82, 2.24) is 18.7 Å². The minimum atomic E-state index is -0.494. The number of aryl methyl sites for hydroxylation is 1. The van der Waals surface area contributed by atoms with Gasteiger partial charge in [0.2, 0.25) is 0 Å². The van der Waals surface area contributed by atoms with Crippen molar-refractivity contribution in [1.29, 1.82) is 0 Å². The number of hydrogen-bond donors (Lipinski definition) is 0. The van der Waals surface area contributed by atoms with Crippen LogP contribution in [-0.2, 0) is 20.6 Å². The van der Waals surface area contributed by atoms with Crippen LogP contribution >= 0.6 is 0 Å². The molecular formula is C10H11N7O2. The molecule has 0 unspecified atom stereocenters. The molecule has 0 aliphatic heterocycles. The minimum absolute atomic E-state index is 0.0238. The quantitative estimate of drug-likeness (QED) is 0.348. The number of allylic oxidation sites excluding steroid dienone is 1. The first-order chi connectivity index (χ1) is 9.02. The maximum absolute atomic E-state index is 12.1. The highest BCUT2D eigenvalue weighted by atomic mass is 16.2. The van der Waals surface area contributed by atoms with Crippen molar-refractivity contribution in [3.8, 4) is 0 Å². The molecule has 19 heavy (non-hydrogen) atoms. The van der Waals surface area contributed by atoms with E-state index in [0.29, 0.717) is 0 Å². The van der Waals surface area contributed by atoms with Gasteiger partial charge in [-0.25, -0.2) is 9.78 Å². The fourth-order valence-corrected chi connectivity index (χ4v) is 1.85. The van der Waals surface area contributed by atoms with Gasteiger partial charge in [0.1, 0.15) is 0 Å². The maximum Gasteiger partial charge on any atom is 0.332 e. The molecule has 2 rings (SSSR count). The fraction of sp³-hybridized carbons (Fsp3) is 0.300. The Morgan fingerprint density at radius 2 is 2.11 bits per heavy atom. The van der Waals surface area contributed by atoms with Gasteiger partial charge in [-0.15, -0.1) is 6.58 Å². The highest BCUT2D eigenvalue weighted by Crippen LogP contribution is 2.18. The molecule has 2 aromatic heterocycles. The van der Waals surface area contributed by atoms with Crippen molar-refractivity contribution < 1.29 is 0 Å². The molecule has 0 spiro atoms. The van der Waals surface area contributed by atoms with Crippen molar-refractivity contribution in [3.05, 3.63) is 43.9 Å². The number of aromatic nitrogens is 4. The third-order valence-electron chi connectivity index (χ3n) is 2.77. The summed E-state index contributed by atoms with van der Waals surface area (Å²) in [5.41, 5.74) is 7.91. The van der Waals surface area contributed by atoms with Crippen LogP contribution in [0.4, 0.5) is 5.95 Å². The Morgan fingerprint density at radius 1 is 1.42 bits per heavy atom. The first-order valence-electron chi connectivity index (χ1n) is 5.35. The summed E-state index contributed by atoms with van der Waals surface area (Å²) in [4.78, 5) is 30.6. The summed E-state index contributed by atoms with van der Waals surface area (Å²) in [5, 5.41) is 3.43. The summed E-state index contributed by atoms with van der Waals surface area (Å²) in [7, 11) is 2.87. The highest BCUT2D eigenvalue weighted by Gasteiger charge is 2.17. The van der Waals surface area contributed by atoms with E-state index in [-0.39, 0.29) is 23.7 Å². The molecule has 9 nitrogen and oxygen atoms in total. The van der Waals surface area contributed by atoms with E-state index in [4.69, 9.17) is 5.53 Å². The standard InChI is InChI=1S/C10H11N7O2/c1-4-5-17-6-7(12-9(17)13-14-11)15(2)10(19)16(3)8(6)18/h4H,1,5H2,2-3H3. The molecular weight excluding hydrogens is 250 g/mol. The lowest BCUT2D eigenvalue weighted by molar-refractivity contribution is 0.703. The molecule has 0 aliphatic carbocycles. The van der Waals surface area contributed by atoms with E-state index in [1.165, 1.54) is 23.2 Å². The zero-order valence-corrected chi connectivity index (χ0v) is 10.4. The Bertz CT molecular complexity index is 832. The predicted molar refractivity (Wildman–Crippen MR) is 69.2 cm³/mol. The molecule has 0 N–H and O–H groups in total. The molecule has 0 aliphatic rings. The molecule has 0 fully saturated rings. The molecule has 0 atom stereocenters. The van der Waals surface area contributed by atoms with Crippen LogP contribution < -0.4 is 11.2 Å². The summed E-state index contributed by atoms with van der Waals surface area (Å²) in [6.07, 6.45) is 1.54. The summed E-state index contributed by atoms with van der Waals surface area (Å²) >= 11 is 0. The molecule has 98 valence electrons. The molecule has 2 aromatic rings. The first-order valence-corrected chi connectivity index (χ1v) is 5.35. The summed E-state index contributed by atoms with van der Waals surface area (Å²) in [6.45, 7) is 3.82. The monoisotopic (exact) mass is 261 g/mol. The van der Waals surface area contributed by atoms with E-state index in [0.717, 1.165) is 4.57 Å². The van der Waals surface area contributed by atoms with E-state index >= 15 is 0 Å². The number of fused-ring (bicyclic) bond motifs is 1. The van der Waals surface area contributed by atoms with Crippen molar-refractivity contribution in [2.24, 2.45) is 19.2 Å². The minimum Gasteiger partial charge on any atom is -0.313 e. The van der Waals surface area contributed by atoms with Crippen LogP contribution in [0.2, 0.25) is 0 Å². The third kappa shape index (κ3) is 1.72. The van der Waals surface area contributed by atoms with Gasteiger partial charge in [0.15, 0.2) is 17.1 Å². The smallest absolute Gasteiger partial charge is 0.313 e. The van der Waals surface area contributed by atoms with E-state index in [2.05, 4.69) is 21.6 Å². The average molecular weight is 261 g/mol.